The van der Waals surface area contributed by atoms with Crippen molar-refractivity contribution in [3.05, 3.63) is 172 Å². The fraction of sp³-hybridized carbons (Fsp3) is 0.276. The summed E-state index contributed by atoms with van der Waals surface area (Å²) in [6.07, 6.45) is 0.0264. The number of pyridine rings is 1. The average Bonchev–Trinajstić information content (AvgIpc) is 3.92. The van der Waals surface area contributed by atoms with E-state index in [9.17, 15) is 2.74 Å². The first-order chi connectivity index (χ1) is 30.7. The maximum atomic E-state index is 9.93. The van der Waals surface area contributed by atoms with E-state index in [1.165, 1.54) is 11.1 Å². The van der Waals surface area contributed by atoms with Gasteiger partial charge < -0.3 is 13.9 Å². The molecule has 64 heavy (non-hydrogen) atoms. The number of aliphatic imine (C=N–C) groups is 1. The van der Waals surface area contributed by atoms with E-state index >= 15 is 0 Å². The van der Waals surface area contributed by atoms with Crippen LogP contribution in [0.5, 0.6) is 0 Å². The standard InChI is InChI=1S/C58H54N4O.Pt/c1-34-19-21-49-45(24-34)46-26-37(4)51(62-50-22-20-39(38-16-13-12-14-17-38)30-47(50)44-18-15-23-59-53(44)62)32-52(46)61(49)43-29-40(28-42(31-43)55(5,6)7)54-60-57(11)48-27-36(3)35(2)25-41(48)33-58(57,63-54)56(8,9)10;/h12-28,30-31H,33H2,1-11H3;/q-2;+2/t57-,58-;/m1./s1/i33D2;. The Balaban J connectivity index is 0.00000511. The van der Waals surface area contributed by atoms with Crippen molar-refractivity contribution in [2.45, 2.75) is 99.1 Å². The number of aryl methyl sites for hydroxylation is 4. The van der Waals surface area contributed by atoms with Crippen molar-refractivity contribution in [1.29, 1.82) is 0 Å². The molecule has 3 aromatic heterocycles. The van der Waals surface area contributed by atoms with Gasteiger partial charge in [-0.2, -0.15) is 6.07 Å². The Morgan fingerprint density at radius 3 is 2.16 bits per heavy atom. The van der Waals surface area contributed by atoms with Gasteiger partial charge in [0.05, 0.1) is 5.52 Å². The van der Waals surface area contributed by atoms with Gasteiger partial charge in [-0.15, -0.1) is 40.8 Å². The molecular formula is C58H54N4OPt. The van der Waals surface area contributed by atoms with Gasteiger partial charge >= 0.3 is 21.1 Å². The minimum absolute atomic E-state index is 0. The van der Waals surface area contributed by atoms with E-state index in [1.807, 2.05) is 18.3 Å². The molecule has 4 heterocycles. The number of fused-ring (bicyclic) bond motifs is 9. The van der Waals surface area contributed by atoms with Crippen LogP contribution in [0.15, 0.2) is 120 Å². The molecular weight excluding hydrogens is 964 g/mol. The van der Waals surface area contributed by atoms with Crippen LogP contribution in [0.25, 0.3) is 66.2 Å². The summed E-state index contributed by atoms with van der Waals surface area (Å²) in [5.74, 6) is 0.408. The van der Waals surface area contributed by atoms with Crippen molar-refractivity contribution in [3.8, 4) is 22.5 Å². The first-order valence-corrected chi connectivity index (χ1v) is 22.2. The Morgan fingerprint density at radius 1 is 0.688 bits per heavy atom. The Morgan fingerprint density at radius 2 is 1.41 bits per heavy atom. The van der Waals surface area contributed by atoms with Gasteiger partial charge in [-0.3, -0.25) is 4.99 Å². The molecule has 1 aliphatic heterocycles. The predicted octanol–water partition coefficient (Wildman–Crippen LogP) is 14.1. The van der Waals surface area contributed by atoms with Crippen LogP contribution in [0.4, 0.5) is 0 Å². The van der Waals surface area contributed by atoms with Crippen LogP contribution in [-0.4, -0.2) is 25.6 Å². The van der Waals surface area contributed by atoms with Gasteiger partial charge in [-0.25, -0.2) is 4.98 Å². The third-order valence-electron chi connectivity index (χ3n) is 14.0. The smallest absolute Gasteiger partial charge is 0.510 e. The molecule has 5 nitrogen and oxygen atoms in total. The zero-order valence-electron chi connectivity index (χ0n) is 40.5. The molecule has 0 fully saturated rings. The summed E-state index contributed by atoms with van der Waals surface area (Å²) < 4.78 is 31.7. The van der Waals surface area contributed by atoms with Crippen molar-refractivity contribution < 1.29 is 28.5 Å². The Labute approximate surface area is 394 Å². The molecule has 11 rings (SSSR count). The maximum absolute atomic E-state index is 9.93. The molecule has 0 spiro atoms. The van der Waals surface area contributed by atoms with E-state index in [4.69, 9.17) is 14.7 Å². The van der Waals surface area contributed by atoms with Crippen molar-refractivity contribution >= 4 is 49.6 Å². The zero-order chi connectivity index (χ0) is 45.7. The molecule has 0 amide bonds. The largest absolute Gasteiger partial charge is 2.00 e. The number of rotatable bonds is 4. The summed E-state index contributed by atoms with van der Waals surface area (Å²) in [4.78, 5) is 10.5. The van der Waals surface area contributed by atoms with E-state index in [1.54, 1.807) is 0 Å². The predicted molar refractivity (Wildman–Crippen MR) is 261 cm³/mol. The van der Waals surface area contributed by atoms with Gasteiger partial charge in [-0.1, -0.05) is 131 Å². The Kier molecular flexibility index (Phi) is 8.93. The number of aromatic nitrogens is 3. The van der Waals surface area contributed by atoms with Crippen molar-refractivity contribution in [2.24, 2.45) is 10.4 Å². The van der Waals surface area contributed by atoms with Crippen molar-refractivity contribution in [2.75, 3.05) is 0 Å². The average molecular weight is 1020 g/mol. The molecule has 2 atom stereocenters. The zero-order valence-corrected chi connectivity index (χ0v) is 40.8. The molecule has 6 aromatic carbocycles. The number of hydrogen-bond donors (Lipinski definition) is 0. The molecule has 6 heteroatoms. The normalized spacial score (nSPS) is 19.6. The summed E-state index contributed by atoms with van der Waals surface area (Å²) in [5.41, 5.74) is 12.5. The van der Waals surface area contributed by atoms with E-state index < -0.39 is 22.9 Å². The van der Waals surface area contributed by atoms with Crippen LogP contribution in [0.2, 0.25) is 0 Å². The molecule has 2 aliphatic rings. The summed E-state index contributed by atoms with van der Waals surface area (Å²) in [6, 6.07) is 46.7. The molecule has 0 saturated heterocycles. The fourth-order valence-corrected chi connectivity index (χ4v) is 10.4. The maximum Gasteiger partial charge on any atom is 2.00 e. The monoisotopic (exact) mass is 1020 g/mol. The summed E-state index contributed by atoms with van der Waals surface area (Å²) in [7, 11) is 0. The van der Waals surface area contributed by atoms with Gasteiger partial charge in [-0.05, 0) is 108 Å². The van der Waals surface area contributed by atoms with Crippen LogP contribution >= 0.6 is 0 Å². The van der Waals surface area contributed by atoms with Crippen LogP contribution in [0.1, 0.15) is 95.7 Å². The third kappa shape index (κ3) is 6.06. The first kappa shape index (κ1) is 39.8. The van der Waals surface area contributed by atoms with Crippen molar-refractivity contribution in [1.82, 2.24) is 14.1 Å². The number of nitrogens with zero attached hydrogens (tertiary/aromatic N) is 4. The second-order valence-corrected chi connectivity index (χ2v) is 20.3. The van der Waals surface area contributed by atoms with Crippen LogP contribution < -0.4 is 0 Å². The van der Waals surface area contributed by atoms with Crippen LogP contribution in [-0.2, 0) is 43.1 Å². The van der Waals surface area contributed by atoms with E-state index in [-0.39, 0.29) is 26.5 Å². The van der Waals surface area contributed by atoms with E-state index in [0.717, 1.165) is 88.5 Å². The summed E-state index contributed by atoms with van der Waals surface area (Å²) >= 11 is 0. The topological polar surface area (TPSA) is 44.3 Å². The minimum atomic E-state index is -1.85. The second kappa shape index (κ2) is 14.4. The molecule has 0 bridgehead atoms. The summed E-state index contributed by atoms with van der Waals surface area (Å²) in [6.45, 7) is 23.4. The van der Waals surface area contributed by atoms with Crippen LogP contribution in [0.3, 0.4) is 0 Å². The quantitative estimate of drug-likeness (QED) is 0.165. The molecule has 0 radical (unpaired) electrons. The van der Waals surface area contributed by atoms with Crippen LogP contribution in [0, 0.1) is 45.2 Å². The number of hydrogen-bond acceptors (Lipinski definition) is 3. The summed E-state index contributed by atoms with van der Waals surface area (Å²) in [5, 5.41) is 4.45. The van der Waals surface area contributed by atoms with Gasteiger partial charge in [0.1, 0.15) is 22.7 Å². The van der Waals surface area contributed by atoms with Gasteiger partial charge in [0.25, 0.3) is 0 Å². The molecule has 9 aromatic rings. The Bertz CT molecular complexity index is 3530. The van der Waals surface area contributed by atoms with Crippen molar-refractivity contribution in [3.63, 3.8) is 0 Å². The molecule has 1 aliphatic carbocycles. The number of benzene rings is 6. The first-order valence-electron chi connectivity index (χ1n) is 23.2. The third-order valence-corrected chi connectivity index (χ3v) is 14.0. The van der Waals surface area contributed by atoms with Gasteiger partial charge in [0, 0.05) is 37.0 Å². The van der Waals surface area contributed by atoms with Gasteiger partial charge in [0.2, 0.25) is 0 Å². The minimum Gasteiger partial charge on any atom is -0.510 e. The SMILES string of the molecule is [2H]C1([2H])c2cc(C)c(C)cc2[C@@]2(C)N=C(c3[c-]c(-n4c5[c-]c(-n6c7ccc(-c8ccccc8)cc7c7cccnc76)c(C)cc5c5cc(C)ccc54)cc(C(C)(C)C)c3)O[C@@]12C(C)(C)C.[Pt+2]. The molecule has 322 valence electrons. The van der Waals surface area contributed by atoms with E-state index in [0.29, 0.717) is 17.0 Å². The Hall–Kier alpha value is -5.77. The molecule has 0 N–H and O–H groups in total. The van der Waals surface area contributed by atoms with E-state index in [2.05, 4.69) is 194 Å². The second-order valence-electron chi connectivity index (χ2n) is 20.3. The van der Waals surface area contributed by atoms with Gasteiger partial charge in [0.15, 0.2) is 0 Å². The molecule has 0 unspecified atom stereocenters. The number of ether oxygens (including phenoxy) is 1. The molecule has 0 saturated carbocycles. The fourth-order valence-electron chi connectivity index (χ4n) is 10.4.